The van der Waals surface area contributed by atoms with Crippen molar-refractivity contribution in [2.24, 2.45) is 5.92 Å². The summed E-state index contributed by atoms with van der Waals surface area (Å²) in [5, 5.41) is 3.29. The number of rotatable bonds is 6. The van der Waals surface area contributed by atoms with E-state index in [1.54, 1.807) is 36.4 Å². The molecule has 0 saturated heterocycles. The Bertz CT molecular complexity index is 895. The lowest BCUT2D eigenvalue weighted by Crippen LogP contribution is -2.28. The number of hydrogen-bond acceptors (Lipinski definition) is 3. The number of benzene rings is 2. The summed E-state index contributed by atoms with van der Waals surface area (Å²) in [7, 11) is -2.33. The zero-order valence-electron chi connectivity index (χ0n) is 13.8. The maximum Gasteiger partial charge on any atom is 0.264 e. The standard InChI is InChI=1S/C18H19ClN2O3S/c1-21(16-6-3-5-15(19)11-16)25(23,24)17-7-2-4-14(10-17)18(22)20-12-13-8-9-13/h2-7,10-11,13H,8-9,12H2,1H3,(H,20,22). The van der Waals surface area contributed by atoms with Crippen molar-refractivity contribution >= 4 is 33.2 Å². The van der Waals surface area contributed by atoms with Crippen LogP contribution in [0.1, 0.15) is 23.2 Å². The summed E-state index contributed by atoms with van der Waals surface area (Å²) in [5.74, 6) is 0.305. The molecule has 7 heteroatoms. The minimum atomic E-state index is -3.79. The zero-order chi connectivity index (χ0) is 18.0. The fourth-order valence-electron chi connectivity index (χ4n) is 2.43. The largest absolute Gasteiger partial charge is 0.352 e. The number of sulfonamides is 1. The Morgan fingerprint density at radius 1 is 1.20 bits per heavy atom. The number of nitrogens with zero attached hydrogens (tertiary/aromatic N) is 1. The number of halogens is 1. The van der Waals surface area contributed by atoms with Crippen LogP contribution in [0.3, 0.4) is 0 Å². The summed E-state index contributed by atoms with van der Waals surface area (Å²) < 4.78 is 26.8. The highest BCUT2D eigenvalue weighted by Crippen LogP contribution is 2.28. The fourth-order valence-corrected chi connectivity index (χ4v) is 3.85. The smallest absolute Gasteiger partial charge is 0.264 e. The maximum absolute atomic E-state index is 12.8. The Morgan fingerprint density at radius 3 is 2.60 bits per heavy atom. The molecule has 1 saturated carbocycles. The quantitative estimate of drug-likeness (QED) is 0.838. The minimum Gasteiger partial charge on any atom is -0.352 e. The van der Waals surface area contributed by atoms with E-state index in [1.165, 1.54) is 19.2 Å². The molecule has 25 heavy (non-hydrogen) atoms. The van der Waals surface area contributed by atoms with Crippen molar-refractivity contribution < 1.29 is 13.2 Å². The Balaban J connectivity index is 1.84. The maximum atomic E-state index is 12.8. The second-order valence-corrected chi connectivity index (χ2v) is 8.54. The summed E-state index contributed by atoms with van der Waals surface area (Å²) in [6, 6.07) is 12.7. The lowest BCUT2D eigenvalue weighted by molar-refractivity contribution is 0.0951. The fraction of sp³-hybridized carbons (Fsp3) is 0.278. The average molecular weight is 379 g/mol. The molecule has 0 atom stereocenters. The molecule has 132 valence electrons. The minimum absolute atomic E-state index is 0.0639. The van der Waals surface area contributed by atoms with Gasteiger partial charge in [0.05, 0.1) is 10.6 Å². The van der Waals surface area contributed by atoms with E-state index < -0.39 is 10.0 Å². The summed E-state index contributed by atoms with van der Waals surface area (Å²) in [6.45, 7) is 0.637. The third kappa shape index (κ3) is 4.14. The first-order valence-electron chi connectivity index (χ1n) is 8.00. The zero-order valence-corrected chi connectivity index (χ0v) is 15.3. The van der Waals surface area contributed by atoms with Gasteiger partial charge in [0.15, 0.2) is 0 Å². The van der Waals surface area contributed by atoms with Crippen molar-refractivity contribution in [2.75, 3.05) is 17.9 Å². The SMILES string of the molecule is CN(c1cccc(Cl)c1)S(=O)(=O)c1cccc(C(=O)NCC2CC2)c1. The Morgan fingerprint density at radius 2 is 1.92 bits per heavy atom. The summed E-state index contributed by atoms with van der Waals surface area (Å²) >= 11 is 5.94. The first-order valence-corrected chi connectivity index (χ1v) is 9.82. The molecule has 0 heterocycles. The van der Waals surface area contributed by atoms with E-state index in [0.29, 0.717) is 28.7 Å². The molecular weight excluding hydrogens is 360 g/mol. The highest BCUT2D eigenvalue weighted by atomic mass is 35.5. The molecule has 2 aromatic rings. The van der Waals surface area contributed by atoms with E-state index in [9.17, 15) is 13.2 Å². The number of carbonyl (C=O) groups is 1. The van der Waals surface area contributed by atoms with E-state index in [1.807, 2.05) is 0 Å². The summed E-state index contributed by atoms with van der Waals surface area (Å²) in [4.78, 5) is 12.3. The van der Waals surface area contributed by atoms with Crippen LogP contribution in [0, 0.1) is 5.92 Å². The number of anilines is 1. The molecule has 1 fully saturated rings. The predicted octanol–water partition coefficient (Wildman–Crippen LogP) is 3.30. The van der Waals surface area contributed by atoms with E-state index in [0.717, 1.165) is 17.1 Å². The van der Waals surface area contributed by atoms with Gasteiger partial charge >= 0.3 is 0 Å². The molecule has 5 nitrogen and oxygen atoms in total. The van der Waals surface area contributed by atoms with Crippen LogP contribution < -0.4 is 9.62 Å². The normalized spacial score (nSPS) is 14.2. The second kappa shape index (κ2) is 7.06. The number of amides is 1. The van der Waals surface area contributed by atoms with Gasteiger partial charge in [0.2, 0.25) is 0 Å². The van der Waals surface area contributed by atoms with Gasteiger partial charge in [0, 0.05) is 24.2 Å². The van der Waals surface area contributed by atoms with Gasteiger partial charge in [0.25, 0.3) is 15.9 Å². The molecule has 0 aromatic heterocycles. The Hall–Kier alpha value is -2.05. The van der Waals surface area contributed by atoms with Gasteiger partial charge in [-0.3, -0.25) is 9.10 Å². The molecule has 0 radical (unpaired) electrons. The van der Waals surface area contributed by atoms with E-state index >= 15 is 0 Å². The van der Waals surface area contributed by atoms with Gasteiger partial charge in [-0.05, 0) is 55.2 Å². The number of nitrogens with one attached hydrogen (secondary N) is 1. The van der Waals surface area contributed by atoms with Crippen LogP contribution in [-0.4, -0.2) is 27.9 Å². The molecule has 1 aliphatic carbocycles. The highest BCUT2D eigenvalue weighted by Gasteiger charge is 2.24. The van der Waals surface area contributed by atoms with Crippen molar-refractivity contribution in [3.05, 3.63) is 59.1 Å². The van der Waals surface area contributed by atoms with Crippen LogP contribution in [0.25, 0.3) is 0 Å². The van der Waals surface area contributed by atoms with Gasteiger partial charge in [-0.1, -0.05) is 23.7 Å². The van der Waals surface area contributed by atoms with Gasteiger partial charge in [-0.15, -0.1) is 0 Å². The van der Waals surface area contributed by atoms with Gasteiger partial charge in [-0.2, -0.15) is 0 Å². The second-order valence-electron chi connectivity index (χ2n) is 6.13. The summed E-state index contributed by atoms with van der Waals surface area (Å²) in [6.07, 6.45) is 2.28. The number of hydrogen-bond donors (Lipinski definition) is 1. The first-order chi connectivity index (χ1) is 11.9. The third-order valence-corrected chi connectivity index (χ3v) is 6.19. The molecule has 0 unspecified atom stereocenters. The van der Waals surface area contributed by atoms with Crippen molar-refractivity contribution in [3.8, 4) is 0 Å². The molecule has 1 amide bonds. The molecule has 2 aromatic carbocycles. The van der Waals surface area contributed by atoms with Crippen LogP contribution >= 0.6 is 11.6 Å². The molecule has 0 aliphatic heterocycles. The molecular formula is C18H19ClN2O3S. The van der Waals surface area contributed by atoms with Crippen molar-refractivity contribution in [1.29, 1.82) is 0 Å². The van der Waals surface area contributed by atoms with Crippen molar-refractivity contribution in [2.45, 2.75) is 17.7 Å². The lowest BCUT2D eigenvalue weighted by Gasteiger charge is -2.20. The van der Waals surface area contributed by atoms with Gasteiger partial charge in [0.1, 0.15) is 0 Å². The Labute approximate surface area is 152 Å². The monoisotopic (exact) mass is 378 g/mol. The van der Waals surface area contributed by atoms with Crippen molar-refractivity contribution in [3.63, 3.8) is 0 Å². The van der Waals surface area contributed by atoms with E-state index in [-0.39, 0.29) is 10.8 Å². The van der Waals surface area contributed by atoms with Gasteiger partial charge < -0.3 is 5.32 Å². The van der Waals surface area contributed by atoms with Crippen LogP contribution in [0.5, 0.6) is 0 Å². The average Bonchev–Trinajstić information content (AvgIpc) is 3.43. The van der Waals surface area contributed by atoms with Crippen LogP contribution in [0.15, 0.2) is 53.4 Å². The molecule has 1 N–H and O–H groups in total. The molecule has 0 spiro atoms. The predicted molar refractivity (Wildman–Crippen MR) is 98.5 cm³/mol. The van der Waals surface area contributed by atoms with Gasteiger partial charge in [-0.25, -0.2) is 8.42 Å². The van der Waals surface area contributed by atoms with E-state index in [2.05, 4.69) is 5.32 Å². The third-order valence-electron chi connectivity index (χ3n) is 4.17. The van der Waals surface area contributed by atoms with Crippen LogP contribution in [-0.2, 0) is 10.0 Å². The van der Waals surface area contributed by atoms with E-state index in [4.69, 9.17) is 11.6 Å². The Kier molecular flexibility index (Phi) is 5.01. The van der Waals surface area contributed by atoms with Crippen LogP contribution in [0.2, 0.25) is 5.02 Å². The topological polar surface area (TPSA) is 66.5 Å². The first kappa shape index (κ1) is 17.8. The lowest BCUT2D eigenvalue weighted by atomic mass is 10.2. The molecule has 0 bridgehead atoms. The highest BCUT2D eigenvalue weighted by molar-refractivity contribution is 7.92. The molecule has 3 rings (SSSR count). The molecule has 1 aliphatic rings. The van der Waals surface area contributed by atoms with Crippen LogP contribution in [0.4, 0.5) is 5.69 Å². The summed E-state index contributed by atoms with van der Waals surface area (Å²) in [5.41, 5.74) is 0.789. The van der Waals surface area contributed by atoms with Crippen molar-refractivity contribution in [1.82, 2.24) is 5.32 Å². The number of carbonyl (C=O) groups excluding carboxylic acids is 1.